The lowest BCUT2D eigenvalue weighted by molar-refractivity contribution is 0.311. The second kappa shape index (κ2) is 6.10. The smallest absolute Gasteiger partial charge is 0.0822 e. The lowest BCUT2D eigenvalue weighted by atomic mass is 9.75. The third-order valence-corrected chi connectivity index (χ3v) is 5.47. The van der Waals surface area contributed by atoms with Crippen molar-refractivity contribution in [2.75, 3.05) is 0 Å². The first-order chi connectivity index (χ1) is 7.36. The van der Waals surface area contributed by atoms with Crippen molar-refractivity contribution < 1.29 is 0 Å². The van der Waals surface area contributed by atoms with E-state index in [9.17, 15) is 0 Å². The molecular weight excluding hydrogens is 348 g/mol. The molecule has 16 heavy (non-hydrogen) atoms. The van der Waals surface area contributed by atoms with Crippen LogP contribution in [0.15, 0.2) is 23.3 Å². The van der Waals surface area contributed by atoms with Gasteiger partial charge in [0.25, 0.3) is 0 Å². The van der Waals surface area contributed by atoms with Gasteiger partial charge in [-0.05, 0) is 28.9 Å². The summed E-state index contributed by atoms with van der Waals surface area (Å²) in [7, 11) is 0. The van der Waals surface area contributed by atoms with Crippen LogP contribution in [-0.2, 0) is 0 Å². The average Bonchev–Trinajstić information content (AvgIpc) is 2.12. The van der Waals surface area contributed by atoms with Crippen LogP contribution in [-0.4, -0.2) is 8.99 Å². The second-order valence-electron chi connectivity index (χ2n) is 4.76. The monoisotopic (exact) mass is 366 g/mol. The van der Waals surface area contributed by atoms with Gasteiger partial charge >= 0.3 is 0 Å². The van der Waals surface area contributed by atoms with Gasteiger partial charge in [0.2, 0.25) is 0 Å². The minimum Gasteiger partial charge on any atom is -0.159 e. The molecule has 0 bridgehead atoms. The van der Waals surface area contributed by atoms with E-state index in [0.717, 1.165) is 0 Å². The van der Waals surface area contributed by atoms with Crippen molar-refractivity contribution >= 4 is 44.5 Å². The normalized spacial score (nSPS) is 24.7. The van der Waals surface area contributed by atoms with Gasteiger partial charge in [0.15, 0.2) is 0 Å². The third kappa shape index (κ3) is 3.17. The van der Waals surface area contributed by atoms with E-state index in [4.69, 9.17) is 0 Å². The SMILES string of the molecule is C[C@H]([C@@H](C)[C@@H](C)Br)[C@H](C)C1=CC=C1C(S)Br. The number of thiol groups is 1. The van der Waals surface area contributed by atoms with Crippen LogP contribution in [0.2, 0.25) is 0 Å². The standard InChI is InChI=1S/C13H20Br2S/c1-7(8(2)10(4)14)9(3)11-5-6-12(11)13(15)16/h5-10,13,16H,1-4H3/t7-,8-,9+,10-,13?/m1/s1. The highest BCUT2D eigenvalue weighted by Crippen LogP contribution is 2.40. The third-order valence-electron chi connectivity index (χ3n) is 3.87. The first-order valence-corrected chi connectivity index (χ1v) is 8.09. The quantitative estimate of drug-likeness (QED) is 0.501. The zero-order valence-electron chi connectivity index (χ0n) is 10.2. The number of hydrogen-bond donors (Lipinski definition) is 1. The molecule has 0 heterocycles. The lowest BCUT2D eigenvalue weighted by Gasteiger charge is -2.33. The van der Waals surface area contributed by atoms with Gasteiger partial charge < -0.3 is 0 Å². The molecule has 0 fully saturated rings. The first-order valence-electron chi connectivity index (χ1n) is 5.74. The van der Waals surface area contributed by atoms with Crippen LogP contribution in [0.1, 0.15) is 27.7 Å². The topological polar surface area (TPSA) is 0 Å². The molecule has 0 aliphatic heterocycles. The number of rotatable bonds is 5. The highest BCUT2D eigenvalue weighted by molar-refractivity contribution is 9.11. The summed E-state index contributed by atoms with van der Waals surface area (Å²) in [5.74, 6) is 1.94. The maximum Gasteiger partial charge on any atom is 0.0822 e. The molecular formula is C13H20Br2S. The summed E-state index contributed by atoms with van der Waals surface area (Å²) in [4.78, 5) is 0.564. The Balaban J connectivity index is 2.63. The van der Waals surface area contributed by atoms with Crippen LogP contribution in [0.3, 0.4) is 0 Å². The van der Waals surface area contributed by atoms with E-state index < -0.39 is 0 Å². The van der Waals surface area contributed by atoms with Crippen LogP contribution in [0.25, 0.3) is 0 Å². The molecule has 1 aliphatic rings. The Morgan fingerprint density at radius 1 is 0.938 bits per heavy atom. The zero-order chi connectivity index (χ0) is 12.5. The van der Waals surface area contributed by atoms with Crippen LogP contribution >= 0.6 is 44.5 Å². The summed E-state index contributed by atoms with van der Waals surface area (Å²) in [6.07, 6.45) is 4.39. The Bertz CT molecular complexity index is 305. The van der Waals surface area contributed by atoms with Crippen molar-refractivity contribution in [3.63, 3.8) is 0 Å². The molecule has 1 rings (SSSR count). The Labute approximate surface area is 122 Å². The minimum atomic E-state index is 0.179. The zero-order valence-corrected chi connectivity index (χ0v) is 14.3. The van der Waals surface area contributed by atoms with Crippen molar-refractivity contribution in [1.29, 1.82) is 0 Å². The molecule has 1 aliphatic carbocycles. The lowest BCUT2D eigenvalue weighted by Crippen LogP contribution is -2.26. The fraction of sp³-hybridized carbons (Fsp3) is 0.692. The van der Waals surface area contributed by atoms with Gasteiger partial charge in [0.1, 0.15) is 0 Å². The molecule has 0 spiro atoms. The van der Waals surface area contributed by atoms with Crippen LogP contribution in [0.4, 0.5) is 0 Å². The summed E-state index contributed by atoms with van der Waals surface area (Å²) >= 11 is 11.6. The van der Waals surface area contributed by atoms with E-state index in [0.29, 0.717) is 22.6 Å². The van der Waals surface area contributed by atoms with Crippen molar-refractivity contribution in [3.05, 3.63) is 23.3 Å². The largest absolute Gasteiger partial charge is 0.159 e. The molecule has 1 unspecified atom stereocenters. The molecule has 0 amide bonds. The second-order valence-corrected chi connectivity index (χ2v) is 8.35. The summed E-state index contributed by atoms with van der Waals surface area (Å²) in [6, 6.07) is 0. The van der Waals surface area contributed by atoms with Crippen LogP contribution in [0, 0.1) is 17.8 Å². The molecule has 5 atom stereocenters. The summed E-state index contributed by atoms with van der Waals surface area (Å²) in [5.41, 5.74) is 2.81. The number of halogens is 2. The maximum absolute atomic E-state index is 4.44. The number of hydrogen-bond acceptors (Lipinski definition) is 1. The molecule has 0 aromatic carbocycles. The molecule has 0 aromatic rings. The average molecular weight is 368 g/mol. The van der Waals surface area contributed by atoms with Crippen molar-refractivity contribution in [2.24, 2.45) is 17.8 Å². The van der Waals surface area contributed by atoms with E-state index in [1.54, 1.807) is 0 Å². The molecule has 0 N–H and O–H groups in total. The fourth-order valence-corrected chi connectivity index (χ4v) is 3.20. The van der Waals surface area contributed by atoms with Crippen LogP contribution in [0.5, 0.6) is 0 Å². The highest BCUT2D eigenvalue weighted by Gasteiger charge is 2.29. The Hall–Kier alpha value is 0.790. The predicted molar refractivity (Wildman–Crippen MR) is 83.7 cm³/mol. The van der Waals surface area contributed by atoms with Crippen LogP contribution < -0.4 is 0 Å². The molecule has 0 saturated heterocycles. The predicted octanol–water partition coefficient (Wildman–Crippen LogP) is 5.20. The number of alkyl halides is 2. The molecule has 0 radical (unpaired) electrons. The van der Waals surface area contributed by atoms with Gasteiger partial charge in [-0.3, -0.25) is 0 Å². The Kier molecular flexibility index (Phi) is 5.66. The van der Waals surface area contributed by atoms with E-state index in [2.05, 4.69) is 84.3 Å². The van der Waals surface area contributed by atoms with Gasteiger partial charge in [-0.2, -0.15) is 12.6 Å². The highest BCUT2D eigenvalue weighted by atomic mass is 79.9. The number of allylic oxidation sites excluding steroid dienone is 3. The van der Waals surface area contributed by atoms with E-state index in [-0.39, 0.29) is 4.16 Å². The van der Waals surface area contributed by atoms with Gasteiger partial charge in [0, 0.05) is 4.83 Å². The van der Waals surface area contributed by atoms with E-state index in [1.165, 1.54) is 11.1 Å². The maximum atomic E-state index is 4.44. The molecule has 0 nitrogen and oxygen atoms in total. The van der Waals surface area contributed by atoms with Gasteiger partial charge in [-0.15, -0.1) is 0 Å². The van der Waals surface area contributed by atoms with Gasteiger partial charge in [0.05, 0.1) is 4.16 Å². The van der Waals surface area contributed by atoms with E-state index >= 15 is 0 Å². The Morgan fingerprint density at radius 2 is 1.44 bits per heavy atom. The van der Waals surface area contributed by atoms with E-state index in [1.807, 2.05) is 0 Å². The summed E-state index contributed by atoms with van der Waals surface area (Å²) < 4.78 is 0.179. The Morgan fingerprint density at radius 3 is 1.75 bits per heavy atom. The summed E-state index contributed by atoms with van der Waals surface area (Å²) in [6.45, 7) is 9.20. The van der Waals surface area contributed by atoms with Gasteiger partial charge in [-0.1, -0.05) is 71.7 Å². The molecule has 92 valence electrons. The molecule has 3 heteroatoms. The summed E-state index contributed by atoms with van der Waals surface area (Å²) in [5, 5.41) is 0. The van der Waals surface area contributed by atoms with Gasteiger partial charge in [-0.25, -0.2) is 0 Å². The van der Waals surface area contributed by atoms with Crippen molar-refractivity contribution in [3.8, 4) is 0 Å². The molecule has 0 aromatic heterocycles. The molecule has 0 saturated carbocycles. The first kappa shape index (κ1) is 14.8. The van der Waals surface area contributed by atoms with Crippen molar-refractivity contribution in [2.45, 2.75) is 36.7 Å². The fourth-order valence-electron chi connectivity index (χ4n) is 2.06. The minimum absolute atomic E-state index is 0.179. The van der Waals surface area contributed by atoms with Crippen molar-refractivity contribution in [1.82, 2.24) is 0 Å².